The quantitative estimate of drug-likeness (QED) is 0.0814. The summed E-state index contributed by atoms with van der Waals surface area (Å²) < 4.78 is 14.4. The summed E-state index contributed by atoms with van der Waals surface area (Å²) in [5.74, 6) is -2.31. The van der Waals surface area contributed by atoms with Crippen molar-refractivity contribution in [1.82, 2.24) is 19.9 Å². The van der Waals surface area contributed by atoms with Gasteiger partial charge in [0.15, 0.2) is 26.8 Å². The van der Waals surface area contributed by atoms with Gasteiger partial charge < -0.3 is 19.0 Å². The molecule has 0 aliphatic carbocycles. The molecule has 4 rings (SSSR count). The van der Waals surface area contributed by atoms with Crippen LogP contribution in [0.3, 0.4) is 0 Å². The van der Waals surface area contributed by atoms with E-state index in [0.717, 1.165) is 35.6 Å². The molecular formula is C36H43N5O8Si. The minimum Gasteiger partial charge on any atom is -0.467 e. The Kier molecular flexibility index (Phi) is 18.3. The molecule has 2 atom stereocenters. The average Bonchev–Trinajstić information content (AvgIpc) is 3.11. The second-order valence-electron chi connectivity index (χ2n) is 11.6. The molecule has 0 aliphatic rings. The van der Waals surface area contributed by atoms with Gasteiger partial charge in [0.1, 0.15) is 11.4 Å². The number of aromatic nitrogens is 4. The van der Waals surface area contributed by atoms with Gasteiger partial charge in [-0.2, -0.15) is 5.26 Å². The van der Waals surface area contributed by atoms with Gasteiger partial charge in [0.05, 0.1) is 31.7 Å². The van der Waals surface area contributed by atoms with Crippen LogP contribution >= 0.6 is 0 Å². The van der Waals surface area contributed by atoms with Crippen molar-refractivity contribution in [3.8, 4) is 6.07 Å². The number of Topliss-reactive ketones (excluding diaryl/α,β-unsaturated/α-hetero) is 1. The molecule has 0 amide bonds. The van der Waals surface area contributed by atoms with E-state index in [-0.39, 0.29) is 5.69 Å². The van der Waals surface area contributed by atoms with E-state index in [4.69, 9.17) is 9.69 Å². The third-order valence-corrected chi connectivity index (χ3v) is 6.94. The number of nitrogens with zero attached hydrogens (tertiary/aromatic N) is 5. The van der Waals surface area contributed by atoms with Crippen LogP contribution in [0.25, 0.3) is 0 Å². The second-order valence-corrected chi connectivity index (χ2v) is 16.1. The molecule has 0 radical (unpaired) electrons. The molecule has 4 aromatic heterocycles. The summed E-state index contributed by atoms with van der Waals surface area (Å²) in [4.78, 5) is 58.6. The fourth-order valence-electron chi connectivity index (χ4n) is 3.36. The van der Waals surface area contributed by atoms with Crippen molar-refractivity contribution in [2.45, 2.75) is 59.5 Å². The largest absolute Gasteiger partial charge is 0.467 e. The topological polar surface area (TPSA) is 192 Å². The number of aliphatic hydroxyl groups is 1. The van der Waals surface area contributed by atoms with E-state index in [1.54, 1.807) is 42.9 Å². The van der Waals surface area contributed by atoms with Gasteiger partial charge in [0.2, 0.25) is 0 Å². The maximum absolute atomic E-state index is 11.1. The van der Waals surface area contributed by atoms with E-state index in [1.165, 1.54) is 19.4 Å². The van der Waals surface area contributed by atoms with Gasteiger partial charge in [0.25, 0.3) is 5.78 Å². The van der Waals surface area contributed by atoms with Crippen LogP contribution in [0.5, 0.6) is 0 Å². The van der Waals surface area contributed by atoms with Crippen LogP contribution in [0.15, 0.2) is 73.3 Å². The number of aryl methyl sites for hydroxylation is 4. The number of carbonyl (C=O) groups excluding carboxylic acids is 4. The highest BCUT2D eigenvalue weighted by molar-refractivity contribution is 6.69. The molecule has 0 fully saturated rings. The number of methoxy groups -OCH3 is 2. The fraction of sp³-hybridized carbons (Fsp3) is 0.306. The zero-order valence-corrected chi connectivity index (χ0v) is 30.7. The van der Waals surface area contributed by atoms with Gasteiger partial charge >= 0.3 is 11.9 Å². The monoisotopic (exact) mass is 701 g/mol. The number of aldehydes is 1. The number of hydrogen-bond donors (Lipinski definition) is 1. The van der Waals surface area contributed by atoms with E-state index < -0.39 is 38.2 Å². The lowest BCUT2D eigenvalue weighted by Gasteiger charge is -2.21. The van der Waals surface area contributed by atoms with E-state index in [0.29, 0.717) is 17.1 Å². The first-order valence-electron chi connectivity index (χ1n) is 15.2. The van der Waals surface area contributed by atoms with Crippen molar-refractivity contribution < 1.29 is 38.2 Å². The van der Waals surface area contributed by atoms with E-state index in [9.17, 15) is 24.3 Å². The highest BCUT2D eigenvalue weighted by Gasteiger charge is 2.23. The average molecular weight is 702 g/mol. The maximum atomic E-state index is 11.1. The highest BCUT2D eigenvalue weighted by Crippen LogP contribution is 2.20. The molecule has 2 unspecified atom stereocenters. The molecule has 50 heavy (non-hydrogen) atoms. The number of pyridine rings is 4. The Bertz CT molecular complexity index is 1700. The maximum Gasteiger partial charge on any atom is 0.381 e. The summed E-state index contributed by atoms with van der Waals surface area (Å²) in [5.41, 5.74) is 5.66. The van der Waals surface area contributed by atoms with Crippen molar-refractivity contribution in [2.24, 2.45) is 0 Å². The molecule has 0 spiro atoms. The lowest BCUT2D eigenvalue weighted by molar-refractivity contribution is -0.151. The molecule has 13 nitrogen and oxygen atoms in total. The first kappa shape index (κ1) is 42.5. The third kappa shape index (κ3) is 16.1. The van der Waals surface area contributed by atoms with Crippen LogP contribution in [0.2, 0.25) is 19.6 Å². The zero-order valence-electron chi connectivity index (χ0n) is 29.7. The van der Waals surface area contributed by atoms with Crippen LogP contribution in [0.1, 0.15) is 66.8 Å². The number of ether oxygens (including phenoxy) is 2. The van der Waals surface area contributed by atoms with E-state index >= 15 is 0 Å². The predicted molar refractivity (Wildman–Crippen MR) is 187 cm³/mol. The summed E-state index contributed by atoms with van der Waals surface area (Å²) in [7, 11) is 0.683. The molecule has 0 saturated heterocycles. The number of ketones is 1. The smallest absolute Gasteiger partial charge is 0.381 e. The molecule has 0 bridgehead atoms. The normalized spacial score (nSPS) is 11.2. The minimum absolute atomic E-state index is 0.109. The number of carbonyl (C=O) groups is 4. The number of rotatable bonds is 8. The molecule has 4 aromatic rings. The Morgan fingerprint density at radius 1 is 0.740 bits per heavy atom. The minimum atomic E-state index is -1.70. The zero-order chi connectivity index (χ0) is 37.9. The van der Waals surface area contributed by atoms with E-state index in [2.05, 4.69) is 55.1 Å². The van der Waals surface area contributed by atoms with Crippen LogP contribution in [-0.2, 0) is 23.5 Å². The van der Waals surface area contributed by atoms with Crippen molar-refractivity contribution in [3.05, 3.63) is 118 Å². The Morgan fingerprint density at radius 3 is 1.58 bits per heavy atom. The van der Waals surface area contributed by atoms with Crippen molar-refractivity contribution in [1.29, 1.82) is 5.26 Å². The highest BCUT2D eigenvalue weighted by atomic mass is 28.4. The molecular weight excluding hydrogens is 659 g/mol. The molecule has 4 heterocycles. The van der Waals surface area contributed by atoms with Crippen LogP contribution in [0.4, 0.5) is 0 Å². The number of nitriles is 1. The lowest BCUT2D eigenvalue weighted by atomic mass is 10.2. The van der Waals surface area contributed by atoms with Gasteiger partial charge in [-0.05, 0) is 93.9 Å². The first-order valence-corrected chi connectivity index (χ1v) is 18.6. The Hall–Kier alpha value is -5.49. The Morgan fingerprint density at radius 2 is 1.22 bits per heavy atom. The number of hydrogen-bond acceptors (Lipinski definition) is 13. The van der Waals surface area contributed by atoms with Gasteiger partial charge in [-0.3, -0.25) is 29.5 Å². The molecule has 264 valence electrons. The summed E-state index contributed by atoms with van der Waals surface area (Å²) in [6, 6.07) is 16.1. The summed E-state index contributed by atoms with van der Waals surface area (Å²) in [5, 5.41) is 18.4. The van der Waals surface area contributed by atoms with Gasteiger partial charge in [0, 0.05) is 24.8 Å². The first-order chi connectivity index (χ1) is 23.5. The molecule has 0 aromatic carbocycles. The lowest BCUT2D eigenvalue weighted by Crippen LogP contribution is -2.27. The second kappa shape index (κ2) is 21.5. The van der Waals surface area contributed by atoms with Crippen molar-refractivity contribution in [2.75, 3.05) is 14.2 Å². The summed E-state index contributed by atoms with van der Waals surface area (Å²) in [6.45, 7) is 13.8. The number of aliphatic hydroxyl groups excluding tert-OH is 1. The predicted octanol–water partition coefficient (Wildman–Crippen LogP) is 5.35. The molecule has 0 aliphatic heterocycles. The van der Waals surface area contributed by atoms with Crippen LogP contribution in [0, 0.1) is 39.0 Å². The third-order valence-electron chi connectivity index (χ3n) is 6.00. The van der Waals surface area contributed by atoms with Gasteiger partial charge in [-0.15, -0.1) is 0 Å². The van der Waals surface area contributed by atoms with Crippen LogP contribution in [-0.4, -0.2) is 71.6 Å². The van der Waals surface area contributed by atoms with E-state index in [1.807, 2.05) is 45.9 Å². The van der Waals surface area contributed by atoms with Crippen molar-refractivity contribution >= 4 is 32.3 Å². The standard InChI is InChI=1S/C11H16N2OSi.C9H11NO3.C9H9NO3.C7H7NO/c1-9-5-6-10(13-8-9)11(7-12)14-15(2,3)4;2*1-6-3-4-7(10-5-6)8(11)9(12)13-2;1-6-2-3-7(5-9)8-4-6/h5-6,8,11H,1-4H3;3-5,8,11H,1-2H3;3-5H,1-2H3;2-5H,1H3. The Balaban J connectivity index is 0.000000338. The van der Waals surface area contributed by atoms with Gasteiger partial charge in [-0.1, -0.05) is 24.3 Å². The summed E-state index contributed by atoms with van der Waals surface area (Å²) >= 11 is 0. The SMILES string of the molecule is COC(=O)C(=O)c1ccc(C)cn1.COC(=O)C(O)c1ccc(C)cn1.Cc1ccc(C(C#N)O[Si](C)(C)C)nc1.Cc1ccc(C=O)nc1. The summed E-state index contributed by atoms with van der Waals surface area (Å²) in [6.07, 6.45) is 5.46. The molecule has 0 saturated carbocycles. The fourth-order valence-corrected chi connectivity index (χ4v) is 4.24. The molecule has 1 N–H and O–H groups in total. The van der Waals surface area contributed by atoms with Gasteiger partial charge in [-0.25, -0.2) is 9.59 Å². The van der Waals surface area contributed by atoms with Crippen molar-refractivity contribution in [3.63, 3.8) is 0 Å². The number of esters is 2. The Labute approximate surface area is 293 Å². The van der Waals surface area contributed by atoms with Crippen LogP contribution < -0.4 is 0 Å². The molecule has 14 heteroatoms.